The van der Waals surface area contributed by atoms with Gasteiger partial charge in [-0.25, -0.2) is 0 Å². The van der Waals surface area contributed by atoms with Gasteiger partial charge in [-0.05, 0) is 44.0 Å². The van der Waals surface area contributed by atoms with Crippen molar-refractivity contribution in [1.29, 1.82) is 0 Å². The Morgan fingerprint density at radius 1 is 0.875 bits per heavy atom. The first-order chi connectivity index (χ1) is 7.58. The first-order valence-corrected chi connectivity index (χ1v) is 4.92. The first kappa shape index (κ1) is 10.5. The molecule has 0 saturated carbocycles. The highest BCUT2D eigenvalue weighted by molar-refractivity contribution is 5.65. The zero-order valence-electron chi connectivity index (χ0n) is 9.39. The number of aromatic nitrogens is 4. The second-order valence-corrected chi connectivity index (χ2v) is 3.73. The molecule has 16 heavy (non-hydrogen) atoms. The zero-order valence-corrected chi connectivity index (χ0v) is 9.39. The summed E-state index contributed by atoms with van der Waals surface area (Å²) < 4.78 is 0. The van der Waals surface area contributed by atoms with E-state index in [1.165, 1.54) is 0 Å². The van der Waals surface area contributed by atoms with Crippen molar-refractivity contribution in [3.05, 3.63) is 29.1 Å². The van der Waals surface area contributed by atoms with Gasteiger partial charge in [-0.3, -0.25) is 0 Å². The lowest BCUT2D eigenvalue weighted by Gasteiger charge is -2.07. The minimum atomic E-state index is 0.242. The Kier molecular flexibility index (Phi) is 2.52. The van der Waals surface area contributed by atoms with Crippen LogP contribution in [0.4, 0.5) is 0 Å². The highest BCUT2D eigenvalue weighted by Gasteiger charge is 2.11. The van der Waals surface area contributed by atoms with Gasteiger partial charge in [0.25, 0.3) is 0 Å². The van der Waals surface area contributed by atoms with Crippen LogP contribution in [0.5, 0.6) is 5.75 Å². The summed E-state index contributed by atoms with van der Waals surface area (Å²) in [4.78, 5) is 0. The van der Waals surface area contributed by atoms with E-state index in [1.54, 1.807) is 19.1 Å². The normalized spacial score (nSPS) is 10.4. The van der Waals surface area contributed by atoms with Gasteiger partial charge in [0.15, 0.2) is 5.82 Å². The third kappa shape index (κ3) is 1.84. The molecule has 0 bridgehead atoms. The Labute approximate surface area is 93.2 Å². The zero-order chi connectivity index (χ0) is 11.7. The number of aromatic hydroxyl groups is 1. The molecule has 1 N–H and O–H groups in total. The average Bonchev–Trinajstić information content (AvgIpc) is 2.19. The SMILES string of the molecule is Cc1nnc(-c2c(C)cc(O)cc2C)nn1. The van der Waals surface area contributed by atoms with Crippen LogP contribution >= 0.6 is 0 Å². The molecule has 1 heterocycles. The van der Waals surface area contributed by atoms with E-state index >= 15 is 0 Å². The molecule has 0 saturated heterocycles. The minimum absolute atomic E-state index is 0.242. The highest BCUT2D eigenvalue weighted by Crippen LogP contribution is 2.27. The van der Waals surface area contributed by atoms with Crippen LogP contribution in [-0.2, 0) is 0 Å². The summed E-state index contributed by atoms with van der Waals surface area (Å²) in [5.74, 6) is 1.27. The van der Waals surface area contributed by atoms with Crippen LogP contribution in [-0.4, -0.2) is 25.5 Å². The molecule has 82 valence electrons. The maximum Gasteiger partial charge on any atom is 0.204 e. The van der Waals surface area contributed by atoms with E-state index in [4.69, 9.17) is 0 Å². The highest BCUT2D eigenvalue weighted by atomic mass is 16.3. The van der Waals surface area contributed by atoms with E-state index in [9.17, 15) is 5.11 Å². The van der Waals surface area contributed by atoms with Crippen LogP contribution in [0.3, 0.4) is 0 Å². The number of hydrogen-bond acceptors (Lipinski definition) is 5. The fourth-order valence-corrected chi connectivity index (χ4v) is 1.67. The van der Waals surface area contributed by atoms with Gasteiger partial charge in [0.1, 0.15) is 5.75 Å². The number of aryl methyl sites for hydroxylation is 3. The number of phenolic OH excluding ortho intramolecular Hbond substituents is 1. The lowest BCUT2D eigenvalue weighted by Crippen LogP contribution is -2.01. The van der Waals surface area contributed by atoms with Crippen LogP contribution in [0.15, 0.2) is 12.1 Å². The Morgan fingerprint density at radius 3 is 1.88 bits per heavy atom. The summed E-state index contributed by atoms with van der Waals surface area (Å²) in [6.07, 6.45) is 0. The Hall–Kier alpha value is -2.04. The van der Waals surface area contributed by atoms with Crippen LogP contribution < -0.4 is 0 Å². The van der Waals surface area contributed by atoms with Crippen molar-refractivity contribution in [2.75, 3.05) is 0 Å². The van der Waals surface area contributed by atoms with Gasteiger partial charge in [-0.1, -0.05) is 0 Å². The molecule has 0 amide bonds. The van der Waals surface area contributed by atoms with Gasteiger partial charge in [-0.2, -0.15) is 0 Å². The second-order valence-electron chi connectivity index (χ2n) is 3.73. The summed E-state index contributed by atoms with van der Waals surface area (Å²) in [7, 11) is 0. The molecule has 0 radical (unpaired) electrons. The maximum absolute atomic E-state index is 9.44. The van der Waals surface area contributed by atoms with Crippen molar-refractivity contribution in [2.24, 2.45) is 0 Å². The molecule has 0 aliphatic heterocycles. The largest absolute Gasteiger partial charge is 0.508 e. The third-order valence-corrected chi connectivity index (χ3v) is 2.32. The maximum atomic E-state index is 9.44. The quantitative estimate of drug-likeness (QED) is 0.783. The molecule has 0 fully saturated rings. The number of benzene rings is 1. The Balaban J connectivity index is 2.60. The Bertz CT molecular complexity index is 499. The van der Waals surface area contributed by atoms with Gasteiger partial charge >= 0.3 is 0 Å². The monoisotopic (exact) mass is 216 g/mol. The van der Waals surface area contributed by atoms with E-state index in [0.29, 0.717) is 11.6 Å². The average molecular weight is 216 g/mol. The molecule has 1 aromatic heterocycles. The molecule has 0 spiro atoms. The lowest BCUT2D eigenvalue weighted by molar-refractivity contribution is 0.474. The predicted molar refractivity (Wildman–Crippen MR) is 58.9 cm³/mol. The van der Waals surface area contributed by atoms with Crippen LogP contribution in [0, 0.1) is 20.8 Å². The van der Waals surface area contributed by atoms with Crippen LogP contribution in [0.2, 0.25) is 0 Å². The molecule has 1 aromatic carbocycles. The number of nitrogens with zero attached hydrogens (tertiary/aromatic N) is 4. The number of rotatable bonds is 1. The minimum Gasteiger partial charge on any atom is -0.508 e. The van der Waals surface area contributed by atoms with Crippen molar-refractivity contribution in [2.45, 2.75) is 20.8 Å². The molecule has 2 aromatic rings. The van der Waals surface area contributed by atoms with Gasteiger partial charge in [-0.15, -0.1) is 20.4 Å². The van der Waals surface area contributed by atoms with Crippen LogP contribution in [0.1, 0.15) is 17.0 Å². The number of hydrogen-bond donors (Lipinski definition) is 1. The third-order valence-electron chi connectivity index (χ3n) is 2.32. The molecule has 0 aliphatic rings. The van der Waals surface area contributed by atoms with Crippen molar-refractivity contribution in [3.8, 4) is 17.1 Å². The van der Waals surface area contributed by atoms with Gasteiger partial charge < -0.3 is 5.11 Å². The Morgan fingerprint density at radius 2 is 1.38 bits per heavy atom. The van der Waals surface area contributed by atoms with Gasteiger partial charge in [0.2, 0.25) is 5.82 Å². The fraction of sp³-hybridized carbons (Fsp3) is 0.273. The second kappa shape index (κ2) is 3.84. The smallest absolute Gasteiger partial charge is 0.204 e. The summed E-state index contributed by atoms with van der Waals surface area (Å²) >= 11 is 0. The van der Waals surface area contributed by atoms with Gasteiger partial charge in [0, 0.05) is 5.56 Å². The molecule has 5 heteroatoms. The number of phenols is 1. The predicted octanol–water partition coefficient (Wildman–Crippen LogP) is 1.56. The van der Waals surface area contributed by atoms with E-state index in [2.05, 4.69) is 20.4 Å². The summed E-state index contributed by atoms with van der Waals surface area (Å²) in [5.41, 5.74) is 2.69. The topological polar surface area (TPSA) is 71.8 Å². The van der Waals surface area contributed by atoms with Crippen molar-refractivity contribution in [1.82, 2.24) is 20.4 Å². The molecular weight excluding hydrogens is 204 g/mol. The fourth-order valence-electron chi connectivity index (χ4n) is 1.67. The molecule has 0 aliphatic carbocycles. The van der Waals surface area contributed by atoms with Gasteiger partial charge in [0.05, 0.1) is 0 Å². The van der Waals surface area contributed by atoms with Crippen molar-refractivity contribution in [3.63, 3.8) is 0 Å². The summed E-state index contributed by atoms with van der Waals surface area (Å²) in [5, 5.41) is 25.2. The van der Waals surface area contributed by atoms with E-state index < -0.39 is 0 Å². The van der Waals surface area contributed by atoms with Crippen LogP contribution in [0.25, 0.3) is 11.4 Å². The molecule has 2 rings (SSSR count). The van der Waals surface area contributed by atoms with Crippen molar-refractivity contribution < 1.29 is 5.11 Å². The lowest BCUT2D eigenvalue weighted by atomic mass is 10.0. The molecular formula is C11H12N4O. The standard InChI is InChI=1S/C11H12N4O/c1-6-4-9(16)5-7(2)10(6)11-14-12-8(3)13-15-11/h4-5,16H,1-3H3. The summed E-state index contributed by atoms with van der Waals surface area (Å²) in [6, 6.07) is 3.34. The van der Waals surface area contributed by atoms with E-state index in [1.807, 2.05) is 13.8 Å². The van der Waals surface area contributed by atoms with E-state index in [0.717, 1.165) is 16.7 Å². The van der Waals surface area contributed by atoms with Crippen molar-refractivity contribution >= 4 is 0 Å². The summed E-state index contributed by atoms with van der Waals surface area (Å²) in [6.45, 7) is 5.52. The molecule has 0 atom stereocenters. The molecule has 5 nitrogen and oxygen atoms in total. The van der Waals surface area contributed by atoms with E-state index in [-0.39, 0.29) is 5.75 Å². The first-order valence-electron chi connectivity index (χ1n) is 4.92. The molecule has 0 unspecified atom stereocenters.